The highest BCUT2D eigenvalue weighted by atomic mass is 35.5. The second-order valence-corrected chi connectivity index (χ2v) is 4.06. The van der Waals surface area contributed by atoms with Crippen molar-refractivity contribution in [2.24, 2.45) is 0 Å². The highest BCUT2D eigenvalue weighted by Crippen LogP contribution is 2.22. The number of H-pyrrole nitrogens is 1. The molecule has 0 aliphatic heterocycles. The van der Waals surface area contributed by atoms with Gasteiger partial charge in [0.25, 0.3) is 0 Å². The average Bonchev–Trinajstić information content (AvgIpc) is 2.72. The molecule has 0 amide bonds. The van der Waals surface area contributed by atoms with Crippen LogP contribution in [0.15, 0.2) is 36.5 Å². The fourth-order valence-electron chi connectivity index (χ4n) is 1.84. The van der Waals surface area contributed by atoms with E-state index in [9.17, 15) is 0 Å². The molecule has 0 unspecified atom stereocenters. The van der Waals surface area contributed by atoms with E-state index in [1.54, 1.807) is 0 Å². The molecule has 0 aliphatic carbocycles. The van der Waals surface area contributed by atoms with E-state index in [1.165, 1.54) is 0 Å². The zero-order valence-electron chi connectivity index (χ0n) is 9.84. The summed E-state index contributed by atoms with van der Waals surface area (Å²) < 4.78 is 0. The molecular weight excluding hydrogens is 248 g/mol. The van der Waals surface area contributed by atoms with Crippen molar-refractivity contribution in [1.82, 2.24) is 15.2 Å². The first-order valence-electron chi connectivity index (χ1n) is 5.41. The minimum absolute atomic E-state index is 0. The maximum absolute atomic E-state index is 5.66. The Kier molecular flexibility index (Phi) is 3.21. The number of anilines is 1. The standard InChI is InChI=1S/C13H12N4.ClH/c1-8-11-7-15-12(6-13(11)17-16-8)9-2-4-10(14)5-3-9;/h2-7H,14H2,1H3,(H,16,17);1H. The van der Waals surface area contributed by atoms with Crippen LogP contribution < -0.4 is 5.73 Å². The van der Waals surface area contributed by atoms with Gasteiger partial charge in [0.2, 0.25) is 0 Å². The van der Waals surface area contributed by atoms with Crippen molar-refractivity contribution in [1.29, 1.82) is 0 Å². The van der Waals surface area contributed by atoms with Gasteiger partial charge < -0.3 is 5.73 Å². The quantitative estimate of drug-likeness (QED) is 0.661. The van der Waals surface area contributed by atoms with E-state index >= 15 is 0 Å². The van der Waals surface area contributed by atoms with E-state index in [0.29, 0.717) is 0 Å². The van der Waals surface area contributed by atoms with E-state index in [1.807, 2.05) is 43.5 Å². The summed E-state index contributed by atoms with van der Waals surface area (Å²) in [6.45, 7) is 1.99. The number of benzene rings is 1. The zero-order valence-corrected chi connectivity index (χ0v) is 10.7. The van der Waals surface area contributed by atoms with E-state index < -0.39 is 0 Å². The molecule has 0 saturated carbocycles. The molecule has 0 atom stereocenters. The third-order valence-corrected chi connectivity index (χ3v) is 2.84. The van der Waals surface area contributed by atoms with Crippen molar-refractivity contribution in [2.75, 3.05) is 5.73 Å². The second kappa shape index (κ2) is 4.66. The van der Waals surface area contributed by atoms with Crippen LogP contribution >= 0.6 is 12.4 Å². The molecule has 3 N–H and O–H groups in total. The van der Waals surface area contributed by atoms with Gasteiger partial charge in [-0.05, 0) is 25.1 Å². The first-order valence-corrected chi connectivity index (χ1v) is 5.41. The summed E-state index contributed by atoms with van der Waals surface area (Å²) in [6, 6.07) is 9.64. The van der Waals surface area contributed by atoms with Crippen LogP contribution in [0, 0.1) is 6.92 Å². The largest absolute Gasteiger partial charge is 0.399 e. The summed E-state index contributed by atoms with van der Waals surface area (Å²) in [5.41, 5.74) is 10.3. The lowest BCUT2D eigenvalue weighted by molar-refractivity contribution is 1.07. The Morgan fingerprint density at radius 2 is 1.89 bits per heavy atom. The number of aryl methyl sites for hydroxylation is 1. The number of nitrogens with zero attached hydrogens (tertiary/aromatic N) is 2. The van der Waals surface area contributed by atoms with Crippen molar-refractivity contribution in [3.05, 3.63) is 42.2 Å². The number of aromatic amines is 1. The smallest absolute Gasteiger partial charge is 0.0960 e. The molecule has 3 rings (SSSR count). The molecule has 1 aromatic carbocycles. The van der Waals surface area contributed by atoms with Crippen LogP contribution in [0.4, 0.5) is 5.69 Å². The third-order valence-electron chi connectivity index (χ3n) is 2.84. The molecular formula is C13H13ClN4. The van der Waals surface area contributed by atoms with Gasteiger partial charge in [-0.1, -0.05) is 12.1 Å². The average molecular weight is 261 g/mol. The Morgan fingerprint density at radius 1 is 1.17 bits per heavy atom. The Balaban J connectivity index is 0.00000120. The second-order valence-electron chi connectivity index (χ2n) is 4.06. The summed E-state index contributed by atoms with van der Waals surface area (Å²) in [6.07, 6.45) is 1.85. The van der Waals surface area contributed by atoms with Crippen molar-refractivity contribution in [2.45, 2.75) is 6.92 Å². The Bertz CT molecular complexity index is 673. The van der Waals surface area contributed by atoms with Gasteiger partial charge in [0.05, 0.1) is 11.2 Å². The monoisotopic (exact) mass is 260 g/mol. The summed E-state index contributed by atoms with van der Waals surface area (Å²) in [5, 5.41) is 8.25. The van der Waals surface area contributed by atoms with Gasteiger partial charge in [-0.25, -0.2) is 0 Å². The number of hydrogen-bond acceptors (Lipinski definition) is 3. The fourth-order valence-corrected chi connectivity index (χ4v) is 1.84. The summed E-state index contributed by atoms with van der Waals surface area (Å²) in [7, 11) is 0. The van der Waals surface area contributed by atoms with Gasteiger partial charge in [0.15, 0.2) is 0 Å². The highest BCUT2D eigenvalue weighted by Gasteiger charge is 2.05. The van der Waals surface area contributed by atoms with Crippen LogP contribution in [0.1, 0.15) is 5.69 Å². The Labute approximate surface area is 111 Å². The number of nitrogen functional groups attached to an aromatic ring is 1. The number of fused-ring (bicyclic) bond motifs is 1. The predicted molar refractivity (Wildman–Crippen MR) is 75.7 cm³/mol. The first-order chi connectivity index (χ1) is 8.24. The Morgan fingerprint density at radius 3 is 2.61 bits per heavy atom. The predicted octanol–water partition coefficient (Wildman–Crippen LogP) is 2.94. The molecule has 2 aromatic heterocycles. The zero-order chi connectivity index (χ0) is 11.8. The molecule has 92 valence electrons. The lowest BCUT2D eigenvalue weighted by Gasteiger charge is -2.01. The highest BCUT2D eigenvalue weighted by molar-refractivity contribution is 5.85. The van der Waals surface area contributed by atoms with Gasteiger partial charge in [-0.15, -0.1) is 12.4 Å². The normalized spacial score (nSPS) is 10.3. The van der Waals surface area contributed by atoms with Crippen LogP contribution in [0.25, 0.3) is 22.2 Å². The van der Waals surface area contributed by atoms with E-state index in [2.05, 4.69) is 15.2 Å². The molecule has 18 heavy (non-hydrogen) atoms. The molecule has 3 aromatic rings. The van der Waals surface area contributed by atoms with Gasteiger partial charge in [-0.2, -0.15) is 5.10 Å². The van der Waals surface area contributed by atoms with Crippen molar-refractivity contribution in [3.8, 4) is 11.3 Å². The fraction of sp³-hybridized carbons (Fsp3) is 0.0769. The number of nitrogens with one attached hydrogen (secondary N) is 1. The number of aromatic nitrogens is 3. The molecule has 4 nitrogen and oxygen atoms in total. The van der Waals surface area contributed by atoms with Crippen LogP contribution in [-0.4, -0.2) is 15.2 Å². The first kappa shape index (κ1) is 12.4. The molecule has 2 heterocycles. The van der Waals surface area contributed by atoms with E-state index in [-0.39, 0.29) is 12.4 Å². The van der Waals surface area contributed by atoms with Gasteiger partial charge >= 0.3 is 0 Å². The molecule has 0 fully saturated rings. The van der Waals surface area contributed by atoms with Crippen LogP contribution in [0.5, 0.6) is 0 Å². The Hall–Kier alpha value is -2.07. The third kappa shape index (κ3) is 2.02. The van der Waals surface area contributed by atoms with Gasteiger partial charge in [0, 0.05) is 28.5 Å². The number of nitrogens with two attached hydrogens (primary N) is 1. The summed E-state index contributed by atoms with van der Waals surface area (Å²) in [4.78, 5) is 4.44. The molecule has 0 spiro atoms. The molecule has 0 saturated heterocycles. The lowest BCUT2D eigenvalue weighted by atomic mass is 10.1. The lowest BCUT2D eigenvalue weighted by Crippen LogP contribution is -1.86. The van der Waals surface area contributed by atoms with Crippen LogP contribution in [-0.2, 0) is 0 Å². The minimum Gasteiger partial charge on any atom is -0.399 e. The number of halogens is 1. The molecule has 5 heteroatoms. The van der Waals surface area contributed by atoms with E-state index in [4.69, 9.17) is 5.73 Å². The van der Waals surface area contributed by atoms with Crippen LogP contribution in [0.3, 0.4) is 0 Å². The molecule has 0 radical (unpaired) electrons. The summed E-state index contributed by atoms with van der Waals surface area (Å²) in [5.74, 6) is 0. The molecule has 0 aliphatic rings. The number of rotatable bonds is 1. The van der Waals surface area contributed by atoms with Gasteiger partial charge in [-0.3, -0.25) is 10.1 Å². The SMILES string of the molecule is Cc1[nH]nc2cc(-c3ccc(N)cc3)ncc12.Cl. The van der Waals surface area contributed by atoms with Crippen molar-refractivity contribution >= 4 is 29.0 Å². The maximum atomic E-state index is 5.66. The minimum atomic E-state index is 0. The van der Waals surface area contributed by atoms with Crippen LogP contribution in [0.2, 0.25) is 0 Å². The number of pyridine rings is 1. The molecule has 0 bridgehead atoms. The topological polar surface area (TPSA) is 67.6 Å². The maximum Gasteiger partial charge on any atom is 0.0960 e. The van der Waals surface area contributed by atoms with Crippen molar-refractivity contribution in [3.63, 3.8) is 0 Å². The van der Waals surface area contributed by atoms with E-state index in [0.717, 1.165) is 33.5 Å². The number of hydrogen-bond donors (Lipinski definition) is 2. The summed E-state index contributed by atoms with van der Waals surface area (Å²) >= 11 is 0. The van der Waals surface area contributed by atoms with Gasteiger partial charge in [0.1, 0.15) is 0 Å². The van der Waals surface area contributed by atoms with Crippen molar-refractivity contribution < 1.29 is 0 Å².